The van der Waals surface area contributed by atoms with E-state index in [4.69, 9.17) is 15.5 Å². The van der Waals surface area contributed by atoms with Gasteiger partial charge in [0, 0.05) is 33.2 Å². The summed E-state index contributed by atoms with van der Waals surface area (Å²) >= 11 is 1.75. The Balaban J connectivity index is 1.70. The smallest absolute Gasteiger partial charge is 0.340 e. The second-order valence-electron chi connectivity index (χ2n) is 7.95. The van der Waals surface area contributed by atoms with Crippen LogP contribution in [-0.4, -0.2) is 26.4 Å². The van der Waals surface area contributed by atoms with Gasteiger partial charge < -0.3 is 20.1 Å². The number of fused-ring (bicyclic) bond motifs is 5. The molecular weight excluding hydrogens is 421 g/mol. The molecule has 0 radical (unpaired) electrons. The third kappa shape index (κ3) is 2.25. The first-order chi connectivity index (χ1) is 14.4. The first-order valence-electron chi connectivity index (χ1n) is 9.62. The van der Waals surface area contributed by atoms with Gasteiger partial charge in [0.15, 0.2) is 6.10 Å². The van der Waals surface area contributed by atoms with Gasteiger partial charge >= 0.3 is 5.97 Å². The van der Waals surface area contributed by atoms with Gasteiger partial charge in [0.25, 0.3) is 5.56 Å². The Bertz CT molecular complexity index is 1380. The molecule has 3 N–H and O–H groups in total. The Morgan fingerprint density at radius 1 is 1.33 bits per heavy atom. The molecule has 0 aliphatic carbocycles. The van der Waals surface area contributed by atoms with Gasteiger partial charge in [-0.1, -0.05) is 0 Å². The number of aliphatic hydroxyl groups excluding tert-OH is 1. The Morgan fingerprint density at radius 3 is 2.93 bits per heavy atom. The van der Waals surface area contributed by atoms with Crippen LogP contribution in [0.3, 0.4) is 0 Å². The summed E-state index contributed by atoms with van der Waals surface area (Å²) in [6, 6.07) is 3.58. The zero-order valence-electron chi connectivity index (χ0n) is 16.1. The molecule has 3 aromatic rings. The largest absolute Gasteiger partial charge is 0.458 e. The number of nitrogens with two attached hydrogens (primary N) is 1. The second-order valence-corrected chi connectivity index (χ2v) is 9.60. The molecule has 0 spiro atoms. The van der Waals surface area contributed by atoms with E-state index in [0.717, 1.165) is 33.1 Å². The van der Waals surface area contributed by atoms with Crippen molar-refractivity contribution in [2.75, 3.05) is 5.75 Å². The number of pyridine rings is 2. The van der Waals surface area contributed by atoms with Crippen LogP contribution in [0.2, 0.25) is 0 Å². The van der Waals surface area contributed by atoms with Crippen molar-refractivity contribution in [1.82, 2.24) is 9.55 Å². The van der Waals surface area contributed by atoms with E-state index in [1.54, 1.807) is 22.4 Å². The summed E-state index contributed by atoms with van der Waals surface area (Å²) in [7, 11) is 2.77. The predicted octanol–water partition coefficient (Wildman–Crippen LogP) is 1.43. The van der Waals surface area contributed by atoms with Gasteiger partial charge in [-0.15, -0.1) is 21.0 Å². The normalized spacial score (nSPS) is 21.3. The quantitative estimate of drug-likeness (QED) is 0.315. The maximum Gasteiger partial charge on any atom is 0.340 e. The molecule has 6 rings (SSSR count). The highest BCUT2D eigenvalue weighted by Gasteiger charge is 2.36. The third-order valence-electron chi connectivity index (χ3n) is 6.31. The van der Waals surface area contributed by atoms with Crippen molar-refractivity contribution >= 4 is 43.2 Å². The molecule has 5 heterocycles. The zero-order valence-corrected chi connectivity index (χ0v) is 18.0. The Morgan fingerprint density at radius 2 is 2.13 bits per heavy atom. The second kappa shape index (κ2) is 6.14. The number of benzene rings is 1. The van der Waals surface area contributed by atoms with E-state index in [2.05, 4.69) is 16.2 Å². The molecule has 0 fully saturated rings. The first kappa shape index (κ1) is 18.5. The molecule has 0 saturated carbocycles. The molecule has 7 nitrogen and oxygen atoms in total. The summed E-state index contributed by atoms with van der Waals surface area (Å²) in [5.41, 5.74) is 12.3. The highest BCUT2D eigenvalue weighted by atomic mass is 32.2. The highest BCUT2D eigenvalue weighted by Crippen LogP contribution is 2.46. The first-order valence-corrected chi connectivity index (χ1v) is 11.2. The fraction of sp³-hybridized carbons (Fsp3) is 0.286. The molecule has 152 valence electrons. The van der Waals surface area contributed by atoms with Gasteiger partial charge in [0.1, 0.15) is 6.61 Å². The van der Waals surface area contributed by atoms with E-state index in [9.17, 15) is 14.7 Å². The van der Waals surface area contributed by atoms with Crippen molar-refractivity contribution in [3.8, 4) is 11.4 Å². The maximum absolute atomic E-state index is 13.2. The number of thioether (sulfide) groups is 1. The summed E-state index contributed by atoms with van der Waals surface area (Å²) in [5.74, 6) is 0.0227. The number of esters is 1. The monoisotopic (exact) mass is 439 g/mol. The zero-order chi connectivity index (χ0) is 20.9. The molecule has 9 heteroatoms. The number of aliphatic hydroxyl groups is 1. The SMILES string of the molecule is Cc1c(P)cc2nc3c(c4c2c1SCC4N)Cn1c-3cc2c(c1=O)COC(=O)C2O. The number of nitrogens with zero attached hydrogens (tertiary/aromatic N) is 2. The average molecular weight is 439 g/mol. The summed E-state index contributed by atoms with van der Waals surface area (Å²) in [6.45, 7) is 2.35. The van der Waals surface area contributed by atoms with E-state index in [0.29, 0.717) is 29.1 Å². The molecule has 2 aromatic heterocycles. The van der Waals surface area contributed by atoms with Crippen LogP contribution >= 0.6 is 21.0 Å². The summed E-state index contributed by atoms with van der Waals surface area (Å²) < 4.78 is 6.62. The molecule has 30 heavy (non-hydrogen) atoms. The predicted molar refractivity (Wildman–Crippen MR) is 117 cm³/mol. The minimum Gasteiger partial charge on any atom is -0.458 e. The summed E-state index contributed by atoms with van der Waals surface area (Å²) in [5, 5.41) is 12.4. The number of carbonyl (C=O) groups is 1. The molecule has 3 unspecified atom stereocenters. The Kier molecular flexibility index (Phi) is 3.79. The number of carbonyl (C=O) groups excluding carboxylic acids is 1. The third-order valence-corrected chi connectivity index (χ3v) is 8.23. The average Bonchev–Trinajstić information content (AvgIpc) is 3.09. The number of cyclic esters (lactones) is 1. The van der Waals surface area contributed by atoms with E-state index >= 15 is 0 Å². The fourth-order valence-corrected chi connectivity index (χ4v) is 6.37. The number of ether oxygens (including phenoxy) is 1. The number of hydrogen-bond donors (Lipinski definition) is 2. The van der Waals surface area contributed by atoms with Crippen molar-refractivity contribution in [1.29, 1.82) is 0 Å². The topological polar surface area (TPSA) is 107 Å². The van der Waals surface area contributed by atoms with Crippen molar-refractivity contribution in [3.05, 3.63) is 50.3 Å². The van der Waals surface area contributed by atoms with Crippen molar-refractivity contribution in [2.45, 2.75) is 37.1 Å². The van der Waals surface area contributed by atoms with Crippen molar-refractivity contribution in [3.63, 3.8) is 0 Å². The Hall–Kier alpha value is -2.25. The maximum atomic E-state index is 13.2. The molecule has 1 aromatic carbocycles. The fourth-order valence-electron chi connectivity index (χ4n) is 4.75. The lowest BCUT2D eigenvalue weighted by atomic mass is 9.94. The highest BCUT2D eigenvalue weighted by molar-refractivity contribution is 7.99. The molecule has 3 atom stereocenters. The van der Waals surface area contributed by atoms with Gasteiger partial charge in [0.05, 0.1) is 29.0 Å². The van der Waals surface area contributed by atoms with Crippen LogP contribution in [0.15, 0.2) is 21.8 Å². The molecule has 3 aliphatic heterocycles. The van der Waals surface area contributed by atoms with Crippen LogP contribution in [0, 0.1) is 6.92 Å². The van der Waals surface area contributed by atoms with Crippen LogP contribution in [0.5, 0.6) is 0 Å². The Labute approximate surface area is 177 Å². The van der Waals surface area contributed by atoms with Gasteiger partial charge in [0.2, 0.25) is 0 Å². The van der Waals surface area contributed by atoms with Crippen molar-refractivity contribution in [2.24, 2.45) is 5.73 Å². The van der Waals surface area contributed by atoms with Crippen LogP contribution in [0.4, 0.5) is 0 Å². The number of aromatic nitrogens is 2. The molecule has 0 bridgehead atoms. The lowest BCUT2D eigenvalue weighted by Gasteiger charge is -2.26. The van der Waals surface area contributed by atoms with Crippen LogP contribution in [0.25, 0.3) is 22.3 Å². The lowest BCUT2D eigenvalue weighted by molar-refractivity contribution is -0.157. The van der Waals surface area contributed by atoms with Gasteiger partial charge in [-0.3, -0.25) is 4.79 Å². The van der Waals surface area contributed by atoms with Gasteiger partial charge in [-0.2, -0.15) is 0 Å². The molecular formula is C21H18N3O4PS. The van der Waals surface area contributed by atoms with Crippen molar-refractivity contribution < 1.29 is 14.6 Å². The van der Waals surface area contributed by atoms with Crippen LogP contribution in [-0.2, 0) is 22.7 Å². The lowest BCUT2D eigenvalue weighted by Crippen LogP contribution is -2.32. The van der Waals surface area contributed by atoms with Crippen LogP contribution < -0.4 is 16.6 Å². The summed E-state index contributed by atoms with van der Waals surface area (Å²) in [6.07, 6.45) is -1.46. The standard InChI is InChI=1S/C21H18N3O4PS/c1-7-14(29)3-12-16-15(11(22)6-30-19(7)16)9-4-24-13(17(9)23-12)2-8-10(20(24)26)5-28-21(27)18(8)25/h2-3,11,18,25H,4-6,22,29H2,1H3. The van der Waals surface area contributed by atoms with E-state index in [1.165, 1.54) is 10.5 Å². The molecule has 0 amide bonds. The van der Waals surface area contributed by atoms with E-state index in [-0.39, 0.29) is 18.2 Å². The van der Waals surface area contributed by atoms with Gasteiger partial charge in [-0.25, -0.2) is 9.78 Å². The summed E-state index contributed by atoms with van der Waals surface area (Å²) in [4.78, 5) is 31.1. The molecule has 0 saturated heterocycles. The minimum absolute atomic E-state index is 0.126. The minimum atomic E-state index is -1.46. The van der Waals surface area contributed by atoms with E-state index in [1.807, 2.05) is 6.07 Å². The number of hydrogen-bond acceptors (Lipinski definition) is 7. The number of rotatable bonds is 0. The van der Waals surface area contributed by atoms with Crippen LogP contribution in [0.1, 0.15) is 40.0 Å². The molecule has 3 aliphatic rings. The van der Waals surface area contributed by atoms with E-state index < -0.39 is 12.1 Å². The van der Waals surface area contributed by atoms with Gasteiger partial charge in [-0.05, 0) is 35.5 Å².